The third-order valence-electron chi connectivity index (χ3n) is 3.72. The van der Waals surface area contributed by atoms with Crippen LogP contribution in [0.4, 0.5) is 11.8 Å². The Kier molecular flexibility index (Phi) is 4.48. The molecule has 1 aliphatic heterocycles. The summed E-state index contributed by atoms with van der Waals surface area (Å²) >= 11 is 2.06. The van der Waals surface area contributed by atoms with Gasteiger partial charge in [-0.1, -0.05) is 13.8 Å². The van der Waals surface area contributed by atoms with E-state index in [1.165, 1.54) is 6.42 Å². The van der Waals surface area contributed by atoms with Crippen LogP contribution in [0.3, 0.4) is 0 Å². The summed E-state index contributed by atoms with van der Waals surface area (Å²) in [6.07, 6.45) is 4.08. The van der Waals surface area contributed by atoms with E-state index >= 15 is 0 Å². The van der Waals surface area contributed by atoms with Crippen molar-refractivity contribution in [2.24, 2.45) is 0 Å². The zero-order valence-corrected chi connectivity index (χ0v) is 13.4. The van der Waals surface area contributed by atoms with E-state index in [0.717, 1.165) is 48.7 Å². The van der Waals surface area contributed by atoms with Gasteiger partial charge in [-0.05, 0) is 12.8 Å². The second-order valence-corrected chi connectivity index (χ2v) is 6.69. The van der Waals surface area contributed by atoms with Crippen LogP contribution in [0.2, 0.25) is 0 Å². The number of aromatic amines is 1. The molecule has 1 aliphatic rings. The topological polar surface area (TPSA) is 69.7 Å². The predicted molar refractivity (Wildman–Crippen MR) is 89.2 cm³/mol. The molecule has 3 heterocycles. The minimum Gasteiger partial charge on any atom is -0.354 e. The number of nitrogens with zero attached hydrogens (tertiary/aromatic N) is 4. The fourth-order valence-corrected chi connectivity index (χ4v) is 3.72. The minimum absolute atomic E-state index is 0.683. The van der Waals surface area contributed by atoms with Gasteiger partial charge in [-0.25, -0.2) is 0 Å². The molecule has 114 valence electrons. The Morgan fingerprint density at radius 3 is 3.14 bits per heavy atom. The number of hydrogen-bond acceptors (Lipinski definition) is 6. The van der Waals surface area contributed by atoms with Crippen molar-refractivity contribution in [1.82, 2.24) is 20.2 Å². The smallest absolute Gasteiger partial charge is 0.226 e. The first-order valence-corrected chi connectivity index (χ1v) is 8.68. The summed E-state index contributed by atoms with van der Waals surface area (Å²) in [5.74, 6) is 2.85. The van der Waals surface area contributed by atoms with E-state index in [4.69, 9.17) is 4.98 Å². The van der Waals surface area contributed by atoms with Gasteiger partial charge in [0.2, 0.25) is 5.95 Å². The molecule has 2 aromatic heterocycles. The first-order valence-electron chi connectivity index (χ1n) is 7.63. The average Bonchev–Trinajstić information content (AvgIpc) is 3.00. The molecule has 0 bridgehead atoms. The van der Waals surface area contributed by atoms with Gasteiger partial charge in [-0.15, -0.1) is 0 Å². The number of thioether (sulfide) groups is 1. The fraction of sp³-hybridized carbons (Fsp3) is 0.643. The summed E-state index contributed by atoms with van der Waals surface area (Å²) in [6, 6.07) is 0. The number of nitrogens with one attached hydrogen (secondary N) is 2. The summed E-state index contributed by atoms with van der Waals surface area (Å²) in [7, 11) is 0. The lowest BCUT2D eigenvalue weighted by molar-refractivity contribution is 0.722. The SMILES string of the molecule is CCCNc1nc(N2CCSC(CC)C2)c2cn[nH]c2n1. The molecule has 1 saturated heterocycles. The molecule has 2 aromatic rings. The third-order valence-corrected chi connectivity index (χ3v) is 5.09. The third kappa shape index (κ3) is 3.07. The largest absolute Gasteiger partial charge is 0.354 e. The van der Waals surface area contributed by atoms with E-state index in [1.54, 1.807) is 0 Å². The molecule has 3 rings (SSSR count). The maximum atomic E-state index is 4.74. The number of H-pyrrole nitrogens is 1. The van der Waals surface area contributed by atoms with Crippen LogP contribution in [-0.4, -0.2) is 50.8 Å². The first kappa shape index (κ1) is 14.4. The number of hydrogen-bond donors (Lipinski definition) is 2. The molecule has 1 unspecified atom stereocenters. The van der Waals surface area contributed by atoms with Crippen LogP contribution in [-0.2, 0) is 0 Å². The molecule has 0 radical (unpaired) electrons. The van der Waals surface area contributed by atoms with E-state index in [2.05, 4.69) is 51.0 Å². The highest BCUT2D eigenvalue weighted by atomic mass is 32.2. The summed E-state index contributed by atoms with van der Waals surface area (Å²) in [5.41, 5.74) is 0.810. The summed E-state index contributed by atoms with van der Waals surface area (Å²) in [4.78, 5) is 11.6. The van der Waals surface area contributed by atoms with Crippen LogP contribution in [0.15, 0.2) is 6.20 Å². The maximum Gasteiger partial charge on any atom is 0.226 e. The van der Waals surface area contributed by atoms with Crippen molar-refractivity contribution in [3.05, 3.63) is 6.20 Å². The highest BCUT2D eigenvalue weighted by molar-refractivity contribution is 8.00. The van der Waals surface area contributed by atoms with Crippen molar-refractivity contribution in [2.75, 3.05) is 35.6 Å². The second-order valence-electron chi connectivity index (χ2n) is 5.28. The van der Waals surface area contributed by atoms with Gasteiger partial charge in [-0.3, -0.25) is 5.10 Å². The molecule has 6 nitrogen and oxygen atoms in total. The standard InChI is InChI=1S/C14H22N6S/c1-3-5-15-14-17-12-11(8-16-19-12)13(18-14)20-6-7-21-10(4-2)9-20/h8,10H,3-7,9H2,1-2H3,(H2,15,16,17,18,19). The molecule has 0 saturated carbocycles. The van der Waals surface area contributed by atoms with Crippen LogP contribution in [0.1, 0.15) is 26.7 Å². The van der Waals surface area contributed by atoms with E-state index in [1.807, 2.05) is 6.20 Å². The first-order chi connectivity index (χ1) is 10.3. The Morgan fingerprint density at radius 1 is 1.43 bits per heavy atom. The zero-order chi connectivity index (χ0) is 14.7. The highest BCUT2D eigenvalue weighted by Gasteiger charge is 2.23. The van der Waals surface area contributed by atoms with Gasteiger partial charge >= 0.3 is 0 Å². The van der Waals surface area contributed by atoms with Crippen LogP contribution in [0, 0.1) is 0 Å². The van der Waals surface area contributed by atoms with E-state index < -0.39 is 0 Å². The van der Waals surface area contributed by atoms with Gasteiger partial charge in [0.25, 0.3) is 0 Å². The molecule has 21 heavy (non-hydrogen) atoms. The van der Waals surface area contributed by atoms with Crippen molar-refractivity contribution in [2.45, 2.75) is 31.9 Å². The van der Waals surface area contributed by atoms with Gasteiger partial charge in [0.05, 0.1) is 11.6 Å². The fourth-order valence-electron chi connectivity index (χ4n) is 2.54. The maximum absolute atomic E-state index is 4.74. The molecule has 0 aromatic carbocycles. The van der Waals surface area contributed by atoms with Crippen molar-refractivity contribution in [3.8, 4) is 0 Å². The van der Waals surface area contributed by atoms with Crippen molar-refractivity contribution in [1.29, 1.82) is 0 Å². The van der Waals surface area contributed by atoms with Gasteiger partial charge in [-0.2, -0.15) is 26.8 Å². The molecule has 7 heteroatoms. The van der Waals surface area contributed by atoms with Crippen molar-refractivity contribution >= 4 is 34.6 Å². The van der Waals surface area contributed by atoms with Crippen LogP contribution in [0.25, 0.3) is 11.0 Å². The molecule has 2 N–H and O–H groups in total. The number of fused-ring (bicyclic) bond motifs is 1. The number of aromatic nitrogens is 4. The second kappa shape index (κ2) is 6.51. The van der Waals surface area contributed by atoms with Gasteiger partial charge in [0.1, 0.15) is 5.82 Å². The van der Waals surface area contributed by atoms with Gasteiger partial charge in [0, 0.05) is 30.6 Å². The molecule has 0 aliphatic carbocycles. The van der Waals surface area contributed by atoms with E-state index in [-0.39, 0.29) is 0 Å². The number of anilines is 2. The lowest BCUT2D eigenvalue weighted by Gasteiger charge is -2.33. The minimum atomic E-state index is 0.683. The molecule has 1 fully saturated rings. The molecular formula is C14H22N6S. The van der Waals surface area contributed by atoms with Crippen LogP contribution >= 0.6 is 11.8 Å². The molecule has 0 amide bonds. The molecule has 0 spiro atoms. The number of rotatable bonds is 5. The van der Waals surface area contributed by atoms with Crippen LogP contribution < -0.4 is 10.2 Å². The Bertz CT molecular complexity index is 598. The van der Waals surface area contributed by atoms with E-state index in [9.17, 15) is 0 Å². The zero-order valence-electron chi connectivity index (χ0n) is 12.6. The summed E-state index contributed by atoms with van der Waals surface area (Å²) in [6.45, 7) is 7.35. The Balaban J connectivity index is 1.93. The predicted octanol–water partition coefficient (Wildman–Crippen LogP) is 2.51. The monoisotopic (exact) mass is 306 g/mol. The summed E-state index contributed by atoms with van der Waals surface area (Å²) in [5, 5.41) is 12.1. The summed E-state index contributed by atoms with van der Waals surface area (Å²) < 4.78 is 0. The Labute approximate surface area is 129 Å². The lowest BCUT2D eigenvalue weighted by Crippen LogP contribution is -2.38. The molecule has 1 atom stereocenters. The highest BCUT2D eigenvalue weighted by Crippen LogP contribution is 2.29. The average molecular weight is 306 g/mol. The van der Waals surface area contributed by atoms with E-state index in [0.29, 0.717) is 11.2 Å². The Hall–Kier alpha value is -1.50. The molecular weight excluding hydrogens is 284 g/mol. The van der Waals surface area contributed by atoms with Crippen molar-refractivity contribution in [3.63, 3.8) is 0 Å². The normalized spacial score (nSPS) is 19.1. The van der Waals surface area contributed by atoms with Gasteiger partial charge < -0.3 is 10.2 Å². The van der Waals surface area contributed by atoms with Crippen molar-refractivity contribution < 1.29 is 0 Å². The Morgan fingerprint density at radius 2 is 2.33 bits per heavy atom. The van der Waals surface area contributed by atoms with Gasteiger partial charge in [0.15, 0.2) is 5.65 Å². The quantitative estimate of drug-likeness (QED) is 0.884. The van der Waals surface area contributed by atoms with Crippen LogP contribution in [0.5, 0.6) is 0 Å². The lowest BCUT2D eigenvalue weighted by atomic mass is 10.2.